The number of nitrogens with one attached hydrogen (secondary N) is 1. The zero-order valence-electron chi connectivity index (χ0n) is 21.4. The Morgan fingerprint density at radius 1 is 1.09 bits per heavy atom. The predicted molar refractivity (Wildman–Crippen MR) is 139 cm³/mol. The molecule has 2 amide bonds. The van der Waals surface area contributed by atoms with Crippen molar-refractivity contribution in [3.8, 4) is 5.75 Å². The van der Waals surface area contributed by atoms with E-state index in [0.717, 1.165) is 28.1 Å². The van der Waals surface area contributed by atoms with Crippen LogP contribution >= 0.6 is 0 Å². The molecule has 0 spiro atoms. The molecule has 8 nitrogen and oxygen atoms in total. The molecule has 0 aliphatic rings. The van der Waals surface area contributed by atoms with Gasteiger partial charge in [-0.1, -0.05) is 43.3 Å². The maximum absolute atomic E-state index is 13.6. The van der Waals surface area contributed by atoms with E-state index in [2.05, 4.69) is 5.32 Å². The van der Waals surface area contributed by atoms with Gasteiger partial charge in [0.15, 0.2) is 0 Å². The maximum Gasteiger partial charge on any atom is 0.244 e. The van der Waals surface area contributed by atoms with Crippen molar-refractivity contribution in [2.75, 3.05) is 30.8 Å². The molecular weight excluding hydrogens is 466 g/mol. The second-order valence-electron chi connectivity index (χ2n) is 8.76. The second-order valence-corrected chi connectivity index (χ2v) is 10.7. The van der Waals surface area contributed by atoms with Crippen LogP contribution in [0.25, 0.3) is 0 Å². The number of carbonyl (C=O) groups is 2. The molecule has 0 aliphatic heterocycles. The fraction of sp³-hybridized carbons (Fsp3) is 0.462. The molecule has 0 aromatic heterocycles. The Hall–Kier alpha value is -3.07. The zero-order valence-corrected chi connectivity index (χ0v) is 22.3. The monoisotopic (exact) mass is 503 g/mol. The van der Waals surface area contributed by atoms with E-state index in [9.17, 15) is 18.0 Å². The van der Waals surface area contributed by atoms with Crippen LogP contribution in [0.3, 0.4) is 0 Å². The van der Waals surface area contributed by atoms with Gasteiger partial charge in [-0.05, 0) is 56.9 Å². The van der Waals surface area contributed by atoms with Crippen molar-refractivity contribution in [3.63, 3.8) is 0 Å². The van der Waals surface area contributed by atoms with Gasteiger partial charge in [-0.25, -0.2) is 8.42 Å². The molecule has 0 radical (unpaired) electrons. The normalized spacial score (nSPS) is 13.0. The summed E-state index contributed by atoms with van der Waals surface area (Å²) in [5.74, 6) is -0.409. The molecule has 0 aliphatic carbocycles. The van der Waals surface area contributed by atoms with E-state index in [-0.39, 0.29) is 24.2 Å². The average Bonchev–Trinajstić information content (AvgIpc) is 2.82. The molecule has 1 N–H and O–H groups in total. The molecule has 0 bridgehead atoms. The van der Waals surface area contributed by atoms with E-state index in [1.54, 1.807) is 25.1 Å². The quantitative estimate of drug-likeness (QED) is 0.480. The minimum absolute atomic E-state index is 0.0416. The summed E-state index contributed by atoms with van der Waals surface area (Å²) in [5, 5.41) is 2.92. The van der Waals surface area contributed by atoms with Crippen LogP contribution in [0.4, 0.5) is 5.69 Å². The third-order valence-corrected chi connectivity index (χ3v) is 7.06. The van der Waals surface area contributed by atoms with Crippen molar-refractivity contribution in [1.29, 1.82) is 0 Å². The lowest BCUT2D eigenvalue weighted by molar-refractivity contribution is -0.139. The number of hydrogen-bond donors (Lipinski definition) is 1. The summed E-state index contributed by atoms with van der Waals surface area (Å²) >= 11 is 0. The zero-order chi connectivity index (χ0) is 26.2. The van der Waals surface area contributed by atoms with Gasteiger partial charge in [0, 0.05) is 12.6 Å². The Balaban J connectivity index is 2.38. The fourth-order valence-corrected chi connectivity index (χ4v) is 4.47. The third kappa shape index (κ3) is 7.99. The molecule has 192 valence electrons. The number of nitrogens with zero attached hydrogens (tertiary/aromatic N) is 2. The molecule has 2 aromatic carbocycles. The first-order valence-electron chi connectivity index (χ1n) is 11.7. The number of carbonyl (C=O) groups excluding carboxylic acids is 2. The van der Waals surface area contributed by atoms with Crippen LogP contribution in [0, 0.1) is 6.92 Å². The molecule has 0 heterocycles. The first kappa shape index (κ1) is 28.2. The largest absolute Gasteiger partial charge is 0.495 e. The van der Waals surface area contributed by atoms with Crippen molar-refractivity contribution < 1.29 is 22.7 Å². The summed E-state index contributed by atoms with van der Waals surface area (Å²) in [6.07, 6.45) is 2.33. The van der Waals surface area contributed by atoms with E-state index in [4.69, 9.17) is 4.74 Å². The summed E-state index contributed by atoms with van der Waals surface area (Å²) in [7, 11) is -2.38. The fourth-order valence-electron chi connectivity index (χ4n) is 3.63. The van der Waals surface area contributed by atoms with Crippen molar-refractivity contribution in [2.45, 2.75) is 52.6 Å². The standard InChI is InChI=1S/C26H37N3O5S/c1-7-20(3)27-26(31)21(4)28(16-15-22-11-9-8-10-12-22)25(30)18-29(35(6,32)33)23-17-19(2)13-14-24(23)34-5/h8-14,17,20-21H,7,15-16,18H2,1-6H3,(H,27,31)/t20-,21+/m0/s1. The Morgan fingerprint density at radius 2 is 1.74 bits per heavy atom. The van der Waals surface area contributed by atoms with Crippen molar-refractivity contribution in [3.05, 3.63) is 59.7 Å². The molecule has 0 fully saturated rings. The number of methoxy groups -OCH3 is 1. The first-order valence-corrected chi connectivity index (χ1v) is 13.6. The number of anilines is 1. The molecule has 0 saturated heterocycles. The molecule has 2 aromatic rings. The van der Waals surface area contributed by atoms with E-state index >= 15 is 0 Å². The number of aryl methyl sites for hydroxylation is 1. The summed E-state index contributed by atoms with van der Waals surface area (Å²) in [5.41, 5.74) is 2.12. The predicted octanol–water partition coefficient (Wildman–Crippen LogP) is 3.14. The smallest absolute Gasteiger partial charge is 0.244 e. The molecule has 0 unspecified atom stereocenters. The summed E-state index contributed by atoms with van der Waals surface area (Å²) in [4.78, 5) is 27.9. The van der Waals surface area contributed by atoms with Crippen LogP contribution in [-0.2, 0) is 26.0 Å². The van der Waals surface area contributed by atoms with Gasteiger partial charge in [-0.15, -0.1) is 0 Å². The van der Waals surface area contributed by atoms with E-state index in [0.29, 0.717) is 12.2 Å². The Morgan fingerprint density at radius 3 is 2.31 bits per heavy atom. The van der Waals surface area contributed by atoms with Gasteiger partial charge in [0.1, 0.15) is 18.3 Å². The minimum atomic E-state index is -3.83. The first-order chi connectivity index (χ1) is 16.5. The highest BCUT2D eigenvalue weighted by Crippen LogP contribution is 2.31. The van der Waals surface area contributed by atoms with Gasteiger partial charge in [0.2, 0.25) is 21.8 Å². The van der Waals surface area contributed by atoms with Crippen LogP contribution in [0.15, 0.2) is 48.5 Å². The second kappa shape index (κ2) is 12.6. The van der Waals surface area contributed by atoms with Gasteiger partial charge in [-0.2, -0.15) is 0 Å². The minimum Gasteiger partial charge on any atom is -0.495 e. The van der Waals surface area contributed by atoms with Gasteiger partial charge in [0.05, 0.1) is 19.1 Å². The van der Waals surface area contributed by atoms with Gasteiger partial charge >= 0.3 is 0 Å². The van der Waals surface area contributed by atoms with Crippen LogP contribution < -0.4 is 14.4 Å². The third-order valence-electron chi connectivity index (χ3n) is 5.93. The van der Waals surface area contributed by atoms with Crippen molar-refractivity contribution in [2.24, 2.45) is 0 Å². The van der Waals surface area contributed by atoms with Crippen LogP contribution in [0.1, 0.15) is 38.3 Å². The van der Waals surface area contributed by atoms with Gasteiger partial charge < -0.3 is 15.0 Å². The maximum atomic E-state index is 13.6. The highest BCUT2D eigenvalue weighted by Gasteiger charge is 2.31. The SMILES string of the molecule is CC[C@H](C)NC(=O)[C@@H](C)N(CCc1ccccc1)C(=O)CN(c1cc(C)ccc1OC)S(C)(=O)=O. The average molecular weight is 504 g/mol. The Labute approximate surface area is 209 Å². The van der Waals surface area contributed by atoms with E-state index in [1.807, 2.05) is 51.1 Å². The van der Waals surface area contributed by atoms with Crippen LogP contribution in [-0.4, -0.2) is 63.7 Å². The number of amides is 2. The number of sulfonamides is 1. The summed E-state index contributed by atoms with van der Waals surface area (Å²) in [6, 6.07) is 14.0. The topological polar surface area (TPSA) is 96.0 Å². The molecule has 35 heavy (non-hydrogen) atoms. The summed E-state index contributed by atoms with van der Waals surface area (Å²) in [6.45, 7) is 7.18. The number of hydrogen-bond acceptors (Lipinski definition) is 5. The number of ether oxygens (including phenoxy) is 1. The highest BCUT2D eigenvalue weighted by molar-refractivity contribution is 7.92. The van der Waals surface area contributed by atoms with E-state index < -0.39 is 28.5 Å². The molecule has 0 saturated carbocycles. The van der Waals surface area contributed by atoms with Gasteiger partial charge in [-0.3, -0.25) is 13.9 Å². The Kier molecular flexibility index (Phi) is 10.1. The summed E-state index contributed by atoms with van der Waals surface area (Å²) < 4.78 is 31.9. The molecule has 2 atom stereocenters. The number of benzene rings is 2. The Bertz CT molecular complexity index is 1110. The lowest BCUT2D eigenvalue weighted by atomic mass is 10.1. The lowest BCUT2D eigenvalue weighted by Crippen LogP contribution is -2.53. The van der Waals surface area contributed by atoms with Crippen molar-refractivity contribution in [1.82, 2.24) is 10.2 Å². The van der Waals surface area contributed by atoms with Crippen LogP contribution in [0.2, 0.25) is 0 Å². The molecule has 2 rings (SSSR count). The lowest BCUT2D eigenvalue weighted by Gasteiger charge is -2.32. The number of rotatable bonds is 12. The molecular formula is C26H37N3O5S. The van der Waals surface area contributed by atoms with Crippen molar-refractivity contribution >= 4 is 27.5 Å². The molecule has 9 heteroatoms. The van der Waals surface area contributed by atoms with E-state index in [1.165, 1.54) is 12.0 Å². The van der Waals surface area contributed by atoms with Crippen LogP contribution in [0.5, 0.6) is 5.75 Å². The van der Waals surface area contributed by atoms with Gasteiger partial charge in [0.25, 0.3) is 0 Å². The highest BCUT2D eigenvalue weighted by atomic mass is 32.2.